The SMILES string of the molecule is C=CCOC(=O)c1ccc2cc(O)ccc2c1. The van der Waals surface area contributed by atoms with Crippen molar-refractivity contribution in [3.05, 3.63) is 54.6 Å². The van der Waals surface area contributed by atoms with Crippen LogP contribution >= 0.6 is 0 Å². The zero-order valence-corrected chi connectivity index (χ0v) is 9.22. The van der Waals surface area contributed by atoms with E-state index in [0.717, 1.165) is 10.8 Å². The van der Waals surface area contributed by atoms with E-state index in [1.807, 2.05) is 0 Å². The zero-order chi connectivity index (χ0) is 12.3. The lowest BCUT2D eigenvalue weighted by molar-refractivity contribution is 0.0550. The van der Waals surface area contributed by atoms with E-state index in [-0.39, 0.29) is 18.3 Å². The number of carbonyl (C=O) groups is 1. The van der Waals surface area contributed by atoms with Crippen molar-refractivity contribution in [1.82, 2.24) is 0 Å². The Bertz CT molecular complexity index is 573. The van der Waals surface area contributed by atoms with Crippen LogP contribution < -0.4 is 0 Å². The van der Waals surface area contributed by atoms with Crippen LogP contribution in [0.1, 0.15) is 10.4 Å². The Morgan fingerprint density at radius 3 is 2.71 bits per heavy atom. The Balaban J connectivity index is 2.34. The third-order valence-electron chi connectivity index (χ3n) is 2.39. The van der Waals surface area contributed by atoms with Gasteiger partial charge in [0, 0.05) is 0 Å². The molecule has 0 aromatic heterocycles. The lowest BCUT2D eigenvalue weighted by Gasteiger charge is -2.04. The van der Waals surface area contributed by atoms with Crippen molar-refractivity contribution in [2.75, 3.05) is 6.61 Å². The summed E-state index contributed by atoms with van der Waals surface area (Å²) in [5, 5.41) is 11.1. The van der Waals surface area contributed by atoms with Crippen LogP contribution in [0.2, 0.25) is 0 Å². The predicted octanol–water partition coefficient (Wildman–Crippen LogP) is 2.89. The highest BCUT2D eigenvalue weighted by Crippen LogP contribution is 2.21. The molecule has 2 aromatic carbocycles. The number of carbonyl (C=O) groups excluding carboxylic acids is 1. The summed E-state index contributed by atoms with van der Waals surface area (Å²) < 4.78 is 4.94. The van der Waals surface area contributed by atoms with Gasteiger partial charge in [0.25, 0.3) is 0 Å². The van der Waals surface area contributed by atoms with Crippen LogP contribution in [0.25, 0.3) is 10.8 Å². The quantitative estimate of drug-likeness (QED) is 0.649. The molecule has 86 valence electrons. The number of phenolic OH excluding ortho intramolecular Hbond substituents is 1. The van der Waals surface area contributed by atoms with Crippen molar-refractivity contribution in [1.29, 1.82) is 0 Å². The molecule has 0 fully saturated rings. The molecular weight excluding hydrogens is 216 g/mol. The molecule has 3 heteroatoms. The minimum atomic E-state index is -0.375. The summed E-state index contributed by atoms with van der Waals surface area (Å²) in [5.41, 5.74) is 0.491. The molecular formula is C14H12O3. The first-order chi connectivity index (χ1) is 8.20. The number of fused-ring (bicyclic) bond motifs is 1. The third kappa shape index (κ3) is 2.45. The van der Waals surface area contributed by atoms with Crippen molar-refractivity contribution < 1.29 is 14.6 Å². The number of aromatic hydroxyl groups is 1. The van der Waals surface area contributed by atoms with Crippen LogP contribution in [0.4, 0.5) is 0 Å². The summed E-state index contributed by atoms with van der Waals surface area (Å²) in [6.45, 7) is 3.68. The maximum Gasteiger partial charge on any atom is 0.338 e. The maximum absolute atomic E-state index is 11.6. The second-order valence-corrected chi connectivity index (χ2v) is 3.63. The topological polar surface area (TPSA) is 46.5 Å². The zero-order valence-electron chi connectivity index (χ0n) is 9.22. The van der Waals surface area contributed by atoms with Gasteiger partial charge in [-0.2, -0.15) is 0 Å². The molecule has 0 atom stereocenters. The molecule has 0 unspecified atom stereocenters. The summed E-state index contributed by atoms with van der Waals surface area (Å²) in [6.07, 6.45) is 1.52. The minimum Gasteiger partial charge on any atom is -0.508 e. The fourth-order valence-electron chi connectivity index (χ4n) is 1.58. The van der Waals surface area contributed by atoms with E-state index in [1.54, 1.807) is 36.4 Å². The molecule has 0 heterocycles. The van der Waals surface area contributed by atoms with Gasteiger partial charge in [-0.25, -0.2) is 4.79 Å². The van der Waals surface area contributed by atoms with Crippen LogP contribution in [0.5, 0.6) is 5.75 Å². The molecule has 17 heavy (non-hydrogen) atoms. The summed E-state index contributed by atoms with van der Waals surface area (Å²) in [7, 11) is 0. The summed E-state index contributed by atoms with van der Waals surface area (Å²) >= 11 is 0. The number of esters is 1. The lowest BCUT2D eigenvalue weighted by atomic mass is 10.1. The Kier molecular flexibility index (Phi) is 3.10. The highest BCUT2D eigenvalue weighted by atomic mass is 16.5. The van der Waals surface area contributed by atoms with E-state index in [9.17, 15) is 9.90 Å². The van der Waals surface area contributed by atoms with E-state index in [4.69, 9.17) is 4.74 Å². The van der Waals surface area contributed by atoms with E-state index in [1.165, 1.54) is 6.08 Å². The van der Waals surface area contributed by atoms with Crippen LogP contribution in [-0.2, 0) is 4.74 Å². The van der Waals surface area contributed by atoms with Crippen molar-refractivity contribution >= 4 is 16.7 Å². The first kappa shape index (κ1) is 11.2. The maximum atomic E-state index is 11.6. The Morgan fingerprint density at radius 1 is 1.24 bits per heavy atom. The van der Waals surface area contributed by atoms with E-state index >= 15 is 0 Å². The molecule has 0 aliphatic carbocycles. The summed E-state index contributed by atoms with van der Waals surface area (Å²) in [4.78, 5) is 11.6. The average Bonchev–Trinajstić information content (AvgIpc) is 2.35. The number of benzene rings is 2. The van der Waals surface area contributed by atoms with Gasteiger partial charge >= 0.3 is 5.97 Å². The predicted molar refractivity (Wildman–Crippen MR) is 66.1 cm³/mol. The molecule has 3 nitrogen and oxygen atoms in total. The second-order valence-electron chi connectivity index (χ2n) is 3.63. The highest BCUT2D eigenvalue weighted by Gasteiger charge is 2.07. The number of hydrogen-bond donors (Lipinski definition) is 1. The van der Waals surface area contributed by atoms with Crippen molar-refractivity contribution in [2.45, 2.75) is 0 Å². The monoisotopic (exact) mass is 228 g/mol. The fourth-order valence-corrected chi connectivity index (χ4v) is 1.58. The van der Waals surface area contributed by atoms with Gasteiger partial charge < -0.3 is 9.84 Å². The van der Waals surface area contributed by atoms with Crippen molar-refractivity contribution in [3.8, 4) is 5.75 Å². The van der Waals surface area contributed by atoms with Crippen LogP contribution in [0.3, 0.4) is 0 Å². The molecule has 2 rings (SSSR count). The van der Waals surface area contributed by atoms with Crippen LogP contribution in [0.15, 0.2) is 49.1 Å². The molecule has 0 radical (unpaired) electrons. The molecule has 2 aromatic rings. The van der Waals surface area contributed by atoms with Crippen LogP contribution in [-0.4, -0.2) is 17.7 Å². The van der Waals surface area contributed by atoms with E-state index < -0.39 is 0 Å². The molecule has 0 amide bonds. The average molecular weight is 228 g/mol. The Labute approximate surface area is 99.0 Å². The normalized spacial score (nSPS) is 10.1. The van der Waals surface area contributed by atoms with Gasteiger partial charge in [0.15, 0.2) is 0 Å². The molecule has 0 aliphatic heterocycles. The standard InChI is InChI=1S/C14H12O3/c1-2-7-17-14(16)12-4-3-11-9-13(15)6-5-10(11)8-12/h2-6,8-9,15H,1,7H2. The fraction of sp³-hybridized carbons (Fsp3) is 0.0714. The number of ether oxygens (including phenoxy) is 1. The van der Waals surface area contributed by atoms with Gasteiger partial charge in [-0.05, 0) is 35.0 Å². The summed E-state index contributed by atoms with van der Waals surface area (Å²) in [6, 6.07) is 10.2. The van der Waals surface area contributed by atoms with Gasteiger partial charge in [-0.1, -0.05) is 24.8 Å². The number of rotatable bonds is 3. The lowest BCUT2D eigenvalue weighted by Crippen LogP contribution is -2.04. The molecule has 1 N–H and O–H groups in total. The first-order valence-corrected chi connectivity index (χ1v) is 5.21. The largest absolute Gasteiger partial charge is 0.508 e. The highest BCUT2D eigenvalue weighted by molar-refractivity contribution is 5.95. The minimum absolute atomic E-state index is 0.201. The first-order valence-electron chi connectivity index (χ1n) is 5.21. The van der Waals surface area contributed by atoms with Gasteiger partial charge in [-0.15, -0.1) is 0 Å². The Hall–Kier alpha value is -2.29. The molecule has 0 aliphatic rings. The van der Waals surface area contributed by atoms with Crippen molar-refractivity contribution in [3.63, 3.8) is 0 Å². The number of phenols is 1. The second kappa shape index (κ2) is 4.70. The number of hydrogen-bond acceptors (Lipinski definition) is 3. The van der Waals surface area contributed by atoms with Crippen LogP contribution in [0, 0.1) is 0 Å². The third-order valence-corrected chi connectivity index (χ3v) is 2.39. The van der Waals surface area contributed by atoms with Gasteiger partial charge in [0.05, 0.1) is 5.56 Å². The molecule has 0 saturated carbocycles. The summed E-state index contributed by atoms with van der Waals surface area (Å²) in [5.74, 6) is -0.167. The molecule has 0 saturated heterocycles. The molecule has 0 spiro atoms. The Morgan fingerprint density at radius 2 is 1.94 bits per heavy atom. The van der Waals surface area contributed by atoms with E-state index in [0.29, 0.717) is 5.56 Å². The molecule has 0 bridgehead atoms. The van der Waals surface area contributed by atoms with Crippen molar-refractivity contribution in [2.24, 2.45) is 0 Å². The van der Waals surface area contributed by atoms with E-state index in [2.05, 4.69) is 6.58 Å². The van der Waals surface area contributed by atoms with Gasteiger partial charge in [0.1, 0.15) is 12.4 Å². The van der Waals surface area contributed by atoms with Gasteiger partial charge in [-0.3, -0.25) is 0 Å². The van der Waals surface area contributed by atoms with Gasteiger partial charge in [0.2, 0.25) is 0 Å². The smallest absolute Gasteiger partial charge is 0.338 e.